The normalized spacial score (nSPS) is 19.4. The van der Waals surface area contributed by atoms with Crippen molar-refractivity contribution in [1.29, 1.82) is 0 Å². The molecule has 0 aliphatic carbocycles. The zero-order chi connectivity index (χ0) is 14.6. The summed E-state index contributed by atoms with van der Waals surface area (Å²) in [7, 11) is 0. The molecule has 0 spiro atoms. The van der Waals surface area contributed by atoms with E-state index in [0.717, 1.165) is 0 Å². The summed E-state index contributed by atoms with van der Waals surface area (Å²) in [5, 5.41) is 9.20. The molecule has 0 unspecified atom stereocenters. The van der Waals surface area contributed by atoms with Crippen LogP contribution in [0.25, 0.3) is 0 Å². The van der Waals surface area contributed by atoms with Crippen LogP contribution in [0, 0.1) is 5.92 Å². The van der Waals surface area contributed by atoms with Gasteiger partial charge in [-0.3, -0.25) is 0 Å². The second-order valence-electron chi connectivity index (χ2n) is 4.77. The topological polar surface area (TPSA) is 43.8 Å². The lowest BCUT2D eigenvalue weighted by atomic mass is 9.91. The summed E-state index contributed by atoms with van der Waals surface area (Å²) >= 11 is 0. The Morgan fingerprint density at radius 2 is 1.79 bits per heavy atom. The lowest BCUT2D eigenvalue weighted by Crippen LogP contribution is -2.49. The maximum atomic E-state index is 12.4. The zero-order valence-corrected chi connectivity index (χ0v) is 11.3. The Bertz CT molecular complexity index is 298. The highest BCUT2D eigenvalue weighted by Crippen LogP contribution is 2.31. The second kappa shape index (κ2) is 6.45. The number of nitrogens with zero attached hydrogens (tertiary/aromatic N) is 2. The first-order chi connectivity index (χ1) is 8.81. The van der Waals surface area contributed by atoms with Gasteiger partial charge in [0.05, 0.1) is 0 Å². The molecule has 1 rings (SSSR count). The molecular formula is C12H21F3N2O2. The fraction of sp³-hybridized carbons (Fsp3) is 0.917. The number of hydrogen-bond donors (Lipinski definition) is 1. The van der Waals surface area contributed by atoms with E-state index in [4.69, 9.17) is 0 Å². The molecule has 0 aromatic rings. The second-order valence-corrected chi connectivity index (χ2v) is 4.77. The molecule has 0 aromatic carbocycles. The van der Waals surface area contributed by atoms with Gasteiger partial charge in [0.1, 0.15) is 0 Å². The summed E-state index contributed by atoms with van der Waals surface area (Å²) in [6.45, 7) is 5.43. The summed E-state index contributed by atoms with van der Waals surface area (Å²) in [5.74, 6) is -0.805. The van der Waals surface area contributed by atoms with E-state index in [-0.39, 0.29) is 32.0 Å². The lowest BCUT2D eigenvalue weighted by molar-refractivity contribution is -0.222. The van der Waals surface area contributed by atoms with Gasteiger partial charge in [-0.1, -0.05) is 0 Å². The van der Waals surface area contributed by atoms with Crippen LogP contribution in [0.3, 0.4) is 0 Å². The summed E-state index contributed by atoms with van der Waals surface area (Å²) in [6, 6.07) is -0.134. The van der Waals surface area contributed by atoms with E-state index in [1.54, 1.807) is 9.80 Å². The third-order valence-corrected chi connectivity index (χ3v) is 3.63. The third-order valence-electron chi connectivity index (χ3n) is 3.63. The number of aliphatic hydroxyl groups is 1. The van der Waals surface area contributed by atoms with Crippen molar-refractivity contribution in [1.82, 2.24) is 9.80 Å². The van der Waals surface area contributed by atoms with Crippen LogP contribution in [0.1, 0.15) is 26.7 Å². The predicted molar refractivity (Wildman–Crippen MR) is 64.7 cm³/mol. The van der Waals surface area contributed by atoms with Gasteiger partial charge >= 0.3 is 12.2 Å². The summed E-state index contributed by atoms with van der Waals surface area (Å²) in [4.78, 5) is 15.2. The number of urea groups is 1. The van der Waals surface area contributed by atoms with Gasteiger partial charge in [-0.05, 0) is 32.6 Å². The Labute approximate surface area is 111 Å². The van der Waals surface area contributed by atoms with Crippen LogP contribution in [0.15, 0.2) is 0 Å². The average Bonchev–Trinajstić information content (AvgIpc) is 2.38. The summed E-state index contributed by atoms with van der Waals surface area (Å²) in [6.07, 6.45) is -6.48. The molecule has 1 atom stereocenters. The predicted octanol–water partition coefficient (Wildman–Crippen LogP) is 2.08. The van der Waals surface area contributed by atoms with Gasteiger partial charge < -0.3 is 14.9 Å². The van der Waals surface area contributed by atoms with Gasteiger partial charge in [0.15, 0.2) is 6.10 Å². The summed E-state index contributed by atoms with van der Waals surface area (Å²) in [5.41, 5.74) is 0. The van der Waals surface area contributed by atoms with Crippen LogP contribution in [0.5, 0.6) is 0 Å². The maximum absolute atomic E-state index is 12.4. The van der Waals surface area contributed by atoms with Crippen LogP contribution in [-0.2, 0) is 0 Å². The fourth-order valence-electron chi connectivity index (χ4n) is 2.37. The van der Waals surface area contributed by atoms with Crippen molar-refractivity contribution < 1.29 is 23.1 Å². The Kier molecular flexibility index (Phi) is 5.46. The average molecular weight is 282 g/mol. The highest BCUT2D eigenvalue weighted by molar-refractivity contribution is 5.74. The number of amides is 2. The smallest absolute Gasteiger partial charge is 0.383 e. The molecule has 112 valence electrons. The molecule has 2 amide bonds. The minimum atomic E-state index is -4.57. The Balaban J connectivity index is 2.51. The molecule has 0 bridgehead atoms. The fourth-order valence-corrected chi connectivity index (χ4v) is 2.37. The van der Waals surface area contributed by atoms with Crippen LogP contribution in [-0.4, -0.2) is 59.4 Å². The number of hydrogen-bond acceptors (Lipinski definition) is 2. The molecule has 7 heteroatoms. The van der Waals surface area contributed by atoms with Crippen molar-refractivity contribution >= 4 is 6.03 Å². The van der Waals surface area contributed by atoms with Crippen LogP contribution in [0.2, 0.25) is 0 Å². The zero-order valence-electron chi connectivity index (χ0n) is 11.3. The van der Waals surface area contributed by atoms with Gasteiger partial charge in [-0.2, -0.15) is 13.2 Å². The molecule has 1 saturated heterocycles. The third kappa shape index (κ3) is 3.99. The van der Waals surface area contributed by atoms with E-state index in [2.05, 4.69) is 0 Å². The van der Waals surface area contributed by atoms with Crippen molar-refractivity contribution in [3.05, 3.63) is 0 Å². The molecule has 1 fully saturated rings. The number of halogens is 3. The maximum Gasteiger partial charge on any atom is 0.414 e. The van der Waals surface area contributed by atoms with Gasteiger partial charge in [0.2, 0.25) is 0 Å². The van der Waals surface area contributed by atoms with Crippen molar-refractivity contribution in [3.63, 3.8) is 0 Å². The first-order valence-electron chi connectivity index (χ1n) is 6.59. The highest BCUT2D eigenvalue weighted by Gasteiger charge is 2.44. The monoisotopic (exact) mass is 282 g/mol. The molecule has 0 saturated carbocycles. The van der Waals surface area contributed by atoms with Crippen molar-refractivity contribution in [2.75, 3.05) is 26.2 Å². The van der Waals surface area contributed by atoms with E-state index < -0.39 is 18.2 Å². The van der Waals surface area contributed by atoms with Crippen molar-refractivity contribution in [2.24, 2.45) is 5.92 Å². The largest absolute Gasteiger partial charge is 0.414 e. The van der Waals surface area contributed by atoms with E-state index in [1.807, 2.05) is 13.8 Å². The van der Waals surface area contributed by atoms with Crippen molar-refractivity contribution in [3.8, 4) is 0 Å². The van der Waals surface area contributed by atoms with E-state index >= 15 is 0 Å². The Hall–Kier alpha value is -0.980. The van der Waals surface area contributed by atoms with Crippen LogP contribution in [0.4, 0.5) is 18.0 Å². The number of carbonyl (C=O) groups excluding carboxylic acids is 1. The van der Waals surface area contributed by atoms with Gasteiger partial charge in [-0.15, -0.1) is 0 Å². The molecule has 1 heterocycles. The van der Waals surface area contributed by atoms with Crippen LogP contribution >= 0.6 is 0 Å². The number of carbonyl (C=O) groups is 1. The number of piperidine rings is 1. The van der Waals surface area contributed by atoms with Gasteiger partial charge in [0.25, 0.3) is 0 Å². The lowest BCUT2D eigenvalue weighted by Gasteiger charge is -2.37. The van der Waals surface area contributed by atoms with Gasteiger partial charge in [-0.25, -0.2) is 4.79 Å². The highest BCUT2D eigenvalue weighted by atomic mass is 19.4. The molecule has 1 aliphatic rings. The molecule has 1 aliphatic heterocycles. The molecule has 0 radical (unpaired) electrons. The number of rotatable bonds is 3. The number of aliphatic hydroxyl groups excluding tert-OH is 1. The summed E-state index contributed by atoms with van der Waals surface area (Å²) < 4.78 is 37.2. The first kappa shape index (κ1) is 16.1. The first-order valence-corrected chi connectivity index (χ1v) is 6.59. The van der Waals surface area contributed by atoms with Crippen molar-refractivity contribution in [2.45, 2.75) is 39.0 Å². The van der Waals surface area contributed by atoms with Gasteiger partial charge in [0, 0.05) is 26.2 Å². The number of alkyl halides is 3. The Morgan fingerprint density at radius 1 is 1.32 bits per heavy atom. The van der Waals surface area contributed by atoms with E-state index in [0.29, 0.717) is 13.1 Å². The quantitative estimate of drug-likeness (QED) is 0.861. The van der Waals surface area contributed by atoms with E-state index in [9.17, 15) is 23.1 Å². The minimum Gasteiger partial charge on any atom is -0.383 e. The number of likely N-dealkylation sites (tertiary alicyclic amines) is 1. The SMILES string of the molecule is CCN(CC)C(=O)N1CCC([C@H](O)C(F)(F)F)CC1. The molecule has 4 nitrogen and oxygen atoms in total. The molecule has 1 N–H and O–H groups in total. The van der Waals surface area contributed by atoms with Crippen LogP contribution < -0.4 is 0 Å². The standard InChI is InChI=1S/C12H21F3N2O2/c1-3-16(4-2)11(19)17-7-5-9(6-8-17)10(18)12(13,14)15/h9-10,18H,3-8H2,1-2H3/t10-/m0/s1. The minimum absolute atomic E-state index is 0.134. The molecule has 19 heavy (non-hydrogen) atoms. The van der Waals surface area contributed by atoms with E-state index in [1.165, 1.54) is 0 Å². The molecule has 0 aromatic heterocycles. The Morgan fingerprint density at radius 3 is 2.16 bits per heavy atom. The molecular weight excluding hydrogens is 261 g/mol.